The summed E-state index contributed by atoms with van der Waals surface area (Å²) in [7, 11) is 0. The highest BCUT2D eigenvalue weighted by molar-refractivity contribution is 7.17. The molecule has 106 valence electrons. The number of carbonyl (C=O) groups excluding carboxylic acids is 1. The fourth-order valence-corrected chi connectivity index (χ4v) is 3.95. The number of esters is 1. The lowest BCUT2D eigenvalue weighted by atomic mass is 9.86. The molecule has 1 aliphatic carbocycles. The van der Waals surface area contributed by atoms with Gasteiger partial charge >= 0.3 is 5.97 Å². The second-order valence-electron chi connectivity index (χ2n) is 5.08. The molecule has 0 bridgehead atoms. The smallest absolute Gasteiger partial charge is 0.348 e. The van der Waals surface area contributed by atoms with E-state index in [9.17, 15) is 10.1 Å². The van der Waals surface area contributed by atoms with Gasteiger partial charge in [0, 0.05) is 4.88 Å². The zero-order valence-electron chi connectivity index (χ0n) is 12.0. The van der Waals surface area contributed by atoms with Gasteiger partial charge in [0.15, 0.2) is 0 Å². The van der Waals surface area contributed by atoms with Crippen LogP contribution in [0.4, 0.5) is 0 Å². The summed E-state index contributed by atoms with van der Waals surface area (Å²) in [5.74, 6) is -0.258. The number of hydrogen-bond donors (Lipinski definition) is 0. The maximum atomic E-state index is 11.9. The average Bonchev–Trinajstić information content (AvgIpc) is 2.91. The van der Waals surface area contributed by atoms with Crippen molar-refractivity contribution in [2.45, 2.75) is 26.7 Å². The van der Waals surface area contributed by atoms with Crippen molar-refractivity contribution in [3.05, 3.63) is 45.3 Å². The first-order valence-electron chi connectivity index (χ1n) is 6.98. The van der Waals surface area contributed by atoms with E-state index in [-0.39, 0.29) is 5.97 Å². The van der Waals surface area contributed by atoms with Crippen LogP contribution >= 0.6 is 11.3 Å². The number of carbonyl (C=O) groups is 1. The molecule has 0 N–H and O–H groups in total. The lowest BCUT2D eigenvalue weighted by Crippen LogP contribution is -2.05. The highest BCUT2D eigenvalue weighted by Gasteiger charge is 2.24. The largest absolute Gasteiger partial charge is 0.462 e. The van der Waals surface area contributed by atoms with Gasteiger partial charge in [0.2, 0.25) is 0 Å². The van der Waals surface area contributed by atoms with E-state index in [0.717, 1.165) is 40.0 Å². The van der Waals surface area contributed by atoms with Crippen LogP contribution in [0.25, 0.3) is 10.4 Å². The van der Waals surface area contributed by atoms with Crippen molar-refractivity contribution in [3.63, 3.8) is 0 Å². The van der Waals surface area contributed by atoms with Gasteiger partial charge in [-0.05, 0) is 55.0 Å². The molecule has 1 aliphatic rings. The van der Waals surface area contributed by atoms with E-state index in [2.05, 4.69) is 12.1 Å². The van der Waals surface area contributed by atoms with Crippen LogP contribution in [0, 0.1) is 18.3 Å². The molecule has 0 saturated heterocycles. The lowest BCUT2D eigenvalue weighted by Gasteiger charge is -2.18. The first-order chi connectivity index (χ1) is 10.2. The van der Waals surface area contributed by atoms with Gasteiger partial charge in [0.1, 0.15) is 4.88 Å². The van der Waals surface area contributed by atoms with E-state index in [1.54, 1.807) is 0 Å². The quantitative estimate of drug-likeness (QED) is 0.791. The molecule has 1 aromatic heterocycles. The Hall–Kier alpha value is -2.12. The molecule has 4 heteroatoms. The van der Waals surface area contributed by atoms with Gasteiger partial charge in [0.05, 0.1) is 18.2 Å². The average molecular weight is 297 g/mol. The van der Waals surface area contributed by atoms with Crippen LogP contribution in [0.2, 0.25) is 0 Å². The zero-order chi connectivity index (χ0) is 15.0. The van der Waals surface area contributed by atoms with E-state index < -0.39 is 0 Å². The van der Waals surface area contributed by atoms with Crippen LogP contribution in [0.1, 0.15) is 38.8 Å². The number of ether oxygens (including phenoxy) is 1. The molecule has 21 heavy (non-hydrogen) atoms. The highest BCUT2D eigenvalue weighted by atomic mass is 32.1. The molecule has 0 amide bonds. The minimum atomic E-state index is -0.258. The summed E-state index contributed by atoms with van der Waals surface area (Å²) in [5.41, 5.74) is 5.19. The summed E-state index contributed by atoms with van der Waals surface area (Å²) in [4.78, 5) is 13.6. The van der Waals surface area contributed by atoms with E-state index in [1.807, 2.05) is 26.0 Å². The second-order valence-corrected chi connectivity index (χ2v) is 6.13. The predicted molar refractivity (Wildman–Crippen MR) is 82.6 cm³/mol. The molecule has 1 heterocycles. The number of nitriles is 1. The molecular formula is C17H15NO2S. The fraction of sp³-hybridized carbons (Fsp3) is 0.294. The molecule has 0 radical (unpaired) electrons. The van der Waals surface area contributed by atoms with E-state index in [4.69, 9.17) is 4.74 Å². The zero-order valence-corrected chi connectivity index (χ0v) is 12.8. The van der Waals surface area contributed by atoms with Crippen molar-refractivity contribution in [1.29, 1.82) is 5.26 Å². The molecule has 0 fully saturated rings. The molecule has 1 aromatic carbocycles. The normalized spacial score (nSPS) is 12.2. The van der Waals surface area contributed by atoms with Crippen LogP contribution in [-0.2, 0) is 17.6 Å². The third-order valence-electron chi connectivity index (χ3n) is 3.81. The summed E-state index contributed by atoms with van der Waals surface area (Å²) >= 11 is 1.47. The van der Waals surface area contributed by atoms with Gasteiger partial charge in [-0.15, -0.1) is 11.3 Å². The van der Waals surface area contributed by atoms with Crippen molar-refractivity contribution >= 4 is 17.3 Å². The standard InChI is InChI=1S/C17H15NO2S/c1-3-20-17(19)15-8-11-5-7-12-13(16(11)21-15)6-4-10(2)14(12)9-18/h4,6,8H,3,5,7H2,1-2H3. The van der Waals surface area contributed by atoms with Gasteiger partial charge in [0.25, 0.3) is 0 Å². The van der Waals surface area contributed by atoms with E-state index in [0.29, 0.717) is 11.5 Å². The van der Waals surface area contributed by atoms with Gasteiger partial charge in [-0.3, -0.25) is 0 Å². The van der Waals surface area contributed by atoms with E-state index in [1.165, 1.54) is 16.9 Å². The monoisotopic (exact) mass is 297 g/mol. The number of thiophene rings is 1. The Bertz CT molecular complexity index is 768. The Morgan fingerprint density at radius 2 is 2.24 bits per heavy atom. The van der Waals surface area contributed by atoms with Crippen molar-refractivity contribution in [2.75, 3.05) is 6.61 Å². The van der Waals surface area contributed by atoms with Crippen LogP contribution in [0.5, 0.6) is 0 Å². The minimum Gasteiger partial charge on any atom is -0.462 e. The molecular weight excluding hydrogens is 282 g/mol. The van der Waals surface area contributed by atoms with Crippen molar-refractivity contribution in [3.8, 4) is 16.5 Å². The number of fused-ring (bicyclic) bond motifs is 3. The SMILES string of the molecule is CCOC(=O)c1cc2c(s1)-c1ccc(C)c(C#N)c1CC2. The summed E-state index contributed by atoms with van der Waals surface area (Å²) in [5, 5.41) is 9.37. The Morgan fingerprint density at radius 3 is 2.95 bits per heavy atom. The van der Waals surface area contributed by atoms with Gasteiger partial charge in [-0.1, -0.05) is 12.1 Å². The van der Waals surface area contributed by atoms with Crippen molar-refractivity contribution in [1.82, 2.24) is 0 Å². The van der Waals surface area contributed by atoms with Crippen LogP contribution in [0.3, 0.4) is 0 Å². The Labute approximate surface area is 127 Å². The van der Waals surface area contributed by atoms with Gasteiger partial charge in [-0.25, -0.2) is 4.79 Å². The topological polar surface area (TPSA) is 50.1 Å². The lowest BCUT2D eigenvalue weighted by molar-refractivity contribution is 0.0532. The summed E-state index contributed by atoms with van der Waals surface area (Å²) in [6.45, 7) is 4.16. The number of rotatable bonds is 2. The Balaban J connectivity index is 2.12. The van der Waals surface area contributed by atoms with Crippen molar-refractivity contribution < 1.29 is 9.53 Å². The highest BCUT2D eigenvalue weighted by Crippen LogP contribution is 2.41. The summed E-state index contributed by atoms with van der Waals surface area (Å²) < 4.78 is 5.08. The third-order valence-corrected chi connectivity index (χ3v) is 5.00. The minimum absolute atomic E-state index is 0.258. The first-order valence-corrected chi connectivity index (χ1v) is 7.80. The summed E-state index contributed by atoms with van der Waals surface area (Å²) in [6.07, 6.45) is 1.72. The molecule has 0 atom stereocenters. The second kappa shape index (κ2) is 5.34. The Morgan fingerprint density at radius 1 is 1.43 bits per heavy atom. The predicted octanol–water partition coefficient (Wildman–Crippen LogP) is 3.87. The van der Waals surface area contributed by atoms with Crippen molar-refractivity contribution in [2.24, 2.45) is 0 Å². The van der Waals surface area contributed by atoms with Crippen LogP contribution < -0.4 is 0 Å². The Kier molecular flexibility index (Phi) is 3.52. The fourth-order valence-electron chi connectivity index (χ4n) is 2.80. The molecule has 3 nitrogen and oxygen atoms in total. The van der Waals surface area contributed by atoms with E-state index >= 15 is 0 Å². The summed E-state index contributed by atoms with van der Waals surface area (Å²) in [6, 6.07) is 8.30. The number of aryl methyl sites for hydroxylation is 2. The molecule has 0 aliphatic heterocycles. The first kappa shape index (κ1) is 13.8. The molecule has 0 spiro atoms. The number of benzene rings is 1. The maximum absolute atomic E-state index is 11.9. The van der Waals surface area contributed by atoms with Crippen LogP contribution in [-0.4, -0.2) is 12.6 Å². The van der Waals surface area contributed by atoms with Gasteiger partial charge < -0.3 is 4.74 Å². The third kappa shape index (κ3) is 2.24. The number of hydrogen-bond acceptors (Lipinski definition) is 4. The molecule has 0 unspecified atom stereocenters. The molecule has 2 aromatic rings. The van der Waals surface area contributed by atoms with Gasteiger partial charge in [-0.2, -0.15) is 5.26 Å². The number of nitrogens with zero attached hydrogens (tertiary/aromatic N) is 1. The van der Waals surface area contributed by atoms with Crippen LogP contribution in [0.15, 0.2) is 18.2 Å². The maximum Gasteiger partial charge on any atom is 0.348 e. The molecule has 3 rings (SSSR count). The molecule has 0 saturated carbocycles.